The maximum atomic E-state index is 12.3. The van der Waals surface area contributed by atoms with Crippen molar-refractivity contribution < 1.29 is 14.7 Å². The first-order valence-electron chi connectivity index (χ1n) is 6.70. The number of carboxylic acid groups (broad SMARTS) is 1. The number of amides is 1. The molecule has 20 heavy (non-hydrogen) atoms. The zero-order valence-electron chi connectivity index (χ0n) is 11.9. The van der Waals surface area contributed by atoms with Crippen LogP contribution in [0.2, 0.25) is 0 Å². The molecule has 0 aliphatic heterocycles. The zero-order valence-corrected chi connectivity index (χ0v) is 11.9. The van der Waals surface area contributed by atoms with Gasteiger partial charge in [-0.05, 0) is 39.7 Å². The highest BCUT2D eigenvalue weighted by molar-refractivity contribution is 5.95. The van der Waals surface area contributed by atoms with Gasteiger partial charge in [0.15, 0.2) is 0 Å². The lowest BCUT2D eigenvalue weighted by Crippen LogP contribution is -2.47. The Bertz CT molecular complexity index is 559. The molecule has 0 saturated heterocycles. The van der Waals surface area contributed by atoms with E-state index in [9.17, 15) is 14.7 Å². The summed E-state index contributed by atoms with van der Waals surface area (Å²) in [5.74, 6) is -1.14. The summed E-state index contributed by atoms with van der Waals surface area (Å²) in [4.78, 5) is 23.7. The summed E-state index contributed by atoms with van der Waals surface area (Å²) < 4.78 is 0. The minimum absolute atomic E-state index is 0.278. The van der Waals surface area contributed by atoms with Gasteiger partial charge < -0.3 is 10.4 Å². The predicted molar refractivity (Wildman–Crippen MR) is 72.4 cm³/mol. The van der Waals surface area contributed by atoms with Gasteiger partial charge in [-0.15, -0.1) is 0 Å². The molecule has 0 bridgehead atoms. The van der Waals surface area contributed by atoms with Crippen LogP contribution in [-0.4, -0.2) is 33.2 Å². The molecule has 0 aromatic carbocycles. The first-order valence-corrected chi connectivity index (χ1v) is 6.70. The van der Waals surface area contributed by atoms with Crippen LogP contribution in [-0.2, 0) is 4.79 Å². The third-order valence-electron chi connectivity index (χ3n) is 4.10. The Morgan fingerprint density at radius 2 is 2.10 bits per heavy atom. The molecule has 1 aliphatic rings. The largest absolute Gasteiger partial charge is 0.481 e. The molecule has 6 nitrogen and oxygen atoms in total. The molecular formula is C14H19N3O3. The maximum Gasteiger partial charge on any atom is 0.311 e. The second-order valence-corrected chi connectivity index (χ2v) is 5.63. The Morgan fingerprint density at radius 1 is 1.40 bits per heavy atom. The number of nitrogens with one attached hydrogen (secondary N) is 1. The standard InChI is InChI=1S/C14H19N3O3/c1-8-7-10(9(2)17-16-8)12(18)15-11-5-4-6-14(11,3)13(19)20/h7,11H,4-6H2,1-3H3,(H,15,18)(H,19,20). The summed E-state index contributed by atoms with van der Waals surface area (Å²) >= 11 is 0. The molecule has 2 N–H and O–H groups in total. The molecule has 2 rings (SSSR count). The summed E-state index contributed by atoms with van der Waals surface area (Å²) in [6.07, 6.45) is 2.07. The number of aromatic nitrogens is 2. The van der Waals surface area contributed by atoms with E-state index in [1.165, 1.54) is 0 Å². The van der Waals surface area contributed by atoms with E-state index in [1.54, 1.807) is 26.8 Å². The highest BCUT2D eigenvalue weighted by Crippen LogP contribution is 2.38. The van der Waals surface area contributed by atoms with E-state index in [4.69, 9.17) is 0 Å². The average Bonchev–Trinajstić information content (AvgIpc) is 2.75. The van der Waals surface area contributed by atoms with Gasteiger partial charge in [-0.1, -0.05) is 6.42 Å². The van der Waals surface area contributed by atoms with Gasteiger partial charge in [0.05, 0.1) is 22.4 Å². The third-order valence-corrected chi connectivity index (χ3v) is 4.10. The number of carbonyl (C=O) groups is 2. The Kier molecular flexibility index (Phi) is 3.74. The molecular weight excluding hydrogens is 258 g/mol. The summed E-state index contributed by atoms with van der Waals surface area (Å²) in [5.41, 5.74) is 0.771. The lowest BCUT2D eigenvalue weighted by Gasteiger charge is -2.27. The number of nitrogens with zero attached hydrogens (tertiary/aromatic N) is 2. The Hall–Kier alpha value is -1.98. The minimum Gasteiger partial charge on any atom is -0.481 e. The minimum atomic E-state index is -0.890. The Labute approximate surface area is 117 Å². The van der Waals surface area contributed by atoms with Crippen molar-refractivity contribution in [3.05, 3.63) is 23.0 Å². The van der Waals surface area contributed by atoms with Crippen molar-refractivity contribution in [1.29, 1.82) is 0 Å². The van der Waals surface area contributed by atoms with Gasteiger partial charge in [-0.3, -0.25) is 9.59 Å². The Balaban J connectivity index is 2.19. The number of hydrogen-bond acceptors (Lipinski definition) is 4. The van der Waals surface area contributed by atoms with Crippen molar-refractivity contribution in [3.63, 3.8) is 0 Å². The van der Waals surface area contributed by atoms with E-state index in [-0.39, 0.29) is 11.9 Å². The van der Waals surface area contributed by atoms with E-state index >= 15 is 0 Å². The summed E-state index contributed by atoms with van der Waals surface area (Å²) in [6.45, 7) is 5.17. The normalized spacial score (nSPS) is 25.4. The van der Waals surface area contributed by atoms with Gasteiger partial charge in [0, 0.05) is 6.04 Å². The fraction of sp³-hybridized carbons (Fsp3) is 0.571. The second-order valence-electron chi connectivity index (χ2n) is 5.63. The average molecular weight is 277 g/mol. The highest BCUT2D eigenvalue weighted by atomic mass is 16.4. The van der Waals surface area contributed by atoms with E-state index in [1.807, 2.05) is 0 Å². The first kappa shape index (κ1) is 14.4. The second kappa shape index (κ2) is 5.19. The third kappa shape index (κ3) is 2.50. The van der Waals surface area contributed by atoms with Crippen LogP contribution in [0.4, 0.5) is 0 Å². The molecule has 1 saturated carbocycles. The molecule has 1 fully saturated rings. The fourth-order valence-electron chi connectivity index (χ4n) is 2.67. The molecule has 108 valence electrons. The van der Waals surface area contributed by atoms with Crippen LogP contribution in [0.5, 0.6) is 0 Å². The maximum absolute atomic E-state index is 12.3. The van der Waals surface area contributed by atoms with E-state index in [0.29, 0.717) is 29.8 Å². The summed E-state index contributed by atoms with van der Waals surface area (Å²) in [6, 6.07) is 1.32. The van der Waals surface area contributed by atoms with Crippen molar-refractivity contribution in [2.75, 3.05) is 0 Å². The molecule has 1 aromatic rings. The molecule has 1 amide bonds. The quantitative estimate of drug-likeness (QED) is 0.872. The summed E-state index contributed by atoms with van der Waals surface area (Å²) in [7, 11) is 0. The summed E-state index contributed by atoms with van der Waals surface area (Å²) in [5, 5.41) is 20.0. The smallest absolute Gasteiger partial charge is 0.311 e. The number of carboxylic acids is 1. The zero-order chi connectivity index (χ0) is 14.9. The van der Waals surface area contributed by atoms with Crippen LogP contribution >= 0.6 is 0 Å². The van der Waals surface area contributed by atoms with Crippen LogP contribution < -0.4 is 5.32 Å². The molecule has 1 aliphatic carbocycles. The van der Waals surface area contributed by atoms with Crippen LogP contribution in [0.25, 0.3) is 0 Å². The van der Waals surface area contributed by atoms with Gasteiger partial charge in [-0.2, -0.15) is 10.2 Å². The van der Waals surface area contributed by atoms with Crippen molar-refractivity contribution in [2.45, 2.75) is 46.1 Å². The van der Waals surface area contributed by atoms with Crippen molar-refractivity contribution in [1.82, 2.24) is 15.5 Å². The van der Waals surface area contributed by atoms with Crippen molar-refractivity contribution in [3.8, 4) is 0 Å². The molecule has 1 heterocycles. The van der Waals surface area contributed by atoms with Gasteiger partial charge in [-0.25, -0.2) is 0 Å². The first-order chi connectivity index (χ1) is 9.34. The van der Waals surface area contributed by atoms with Crippen LogP contribution in [0, 0.1) is 19.3 Å². The van der Waals surface area contributed by atoms with E-state index in [0.717, 1.165) is 6.42 Å². The monoisotopic (exact) mass is 277 g/mol. The van der Waals surface area contributed by atoms with Crippen LogP contribution in [0.1, 0.15) is 47.9 Å². The van der Waals surface area contributed by atoms with Crippen molar-refractivity contribution >= 4 is 11.9 Å². The number of hydrogen-bond donors (Lipinski definition) is 2. The fourth-order valence-corrected chi connectivity index (χ4v) is 2.67. The topological polar surface area (TPSA) is 92.2 Å². The molecule has 0 spiro atoms. The molecule has 2 atom stereocenters. The highest BCUT2D eigenvalue weighted by Gasteiger charge is 2.46. The molecule has 2 unspecified atom stereocenters. The van der Waals surface area contributed by atoms with Crippen LogP contribution in [0.15, 0.2) is 6.07 Å². The van der Waals surface area contributed by atoms with Gasteiger partial charge in [0.2, 0.25) is 0 Å². The number of rotatable bonds is 3. The predicted octanol–water partition coefficient (Wildman–Crippen LogP) is 1.47. The lowest BCUT2D eigenvalue weighted by molar-refractivity contribution is -0.148. The lowest BCUT2D eigenvalue weighted by atomic mass is 9.85. The van der Waals surface area contributed by atoms with Gasteiger partial charge in [0.1, 0.15) is 0 Å². The number of carbonyl (C=O) groups excluding carboxylic acids is 1. The number of aryl methyl sites for hydroxylation is 2. The van der Waals surface area contributed by atoms with Crippen molar-refractivity contribution in [2.24, 2.45) is 5.41 Å². The molecule has 0 radical (unpaired) electrons. The van der Waals surface area contributed by atoms with Crippen LogP contribution in [0.3, 0.4) is 0 Å². The van der Waals surface area contributed by atoms with Gasteiger partial charge >= 0.3 is 5.97 Å². The van der Waals surface area contributed by atoms with Gasteiger partial charge in [0.25, 0.3) is 5.91 Å². The SMILES string of the molecule is Cc1cc(C(=O)NC2CCCC2(C)C(=O)O)c(C)nn1. The van der Waals surface area contributed by atoms with E-state index in [2.05, 4.69) is 15.5 Å². The Morgan fingerprint density at radius 3 is 2.75 bits per heavy atom. The molecule has 6 heteroatoms. The van der Waals surface area contributed by atoms with E-state index < -0.39 is 11.4 Å². The molecule has 1 aromatic heterocycles. The number of aliphatic carboxylic acids is 1.